The molecule has 0 saturated heterocycles. The summed E-state index contributed by atoms with van der Waals surface area (Å²) in [6.45, 7) is 0. The summed E-state index contributed by atoms with van der Waals surface area (Å²) in [7, 11) is -5.18. The van der Waals surface area contributed by atoms with Crippen LogP contribution in [0.2, 0.25) is 5.02 Å². The number of hydrogen-bond acceptors (Lipinski definition) is 4. The predicted molar refractivity (Wildman–Crippen MR) is 46.4 cm³/mol. The van der Waals surface area contributed by atoms with Crippen molar-refractivity contribution in [2.75, 3.05) is 0 Å². The molecule has 0 fully saturated rings. The molecule has 0 spiro atoms. The first-order chi connectivity index (χ1) is 6.34. The van der Waals surface area contributed by atoms with Gasteiger partial charge in [-0.25, -0.2) is 0 Å². The first-order valence-electron chi connectivity index (χ1n) is 3.21. The minimum Gasteiger partial charge on any atom is -0.258 e. The maximum absolute atomic E-state index is 12.6. The zero-order valence-corrected chi connectivity index (χ0v) is 8.05. The van der Waals surface area contributed by atoms with Crippen molar-refractivity contribution in [3.63, 3.8) is 0 Å². The third-order valence-electron chi connectivity index (χ3n) is 1.39. The van der Waals surface area contributed by atoms with Gasteiger partial charge in [-0.3, -0.25) is 10.1 Å². The molecule has 1 aromatic rings. The van der Waals surface area contributed by atoms with Crippen LogP contribution in [0, 0.1) is 10.1 Å². The van der Waals surface area contributed by atoms with Crippen LogP contribution in [-0.2, 0) is 10.2 Å². The highest BCUT2D eigenvalue weighted by Gasteiger charge is 2.28. The zero-order chi connectivity index (χ0) is 10.9. The third kappa shape index (κ3) is 1.99. The fourth-order valence-corrected chi connectivity index (χ4v) is 2.02. The van der Waals surface area contributed by atoms with E-state index in [1.807, 2.05) is 0 Å². The summed E-state index contributed by atoms with van der Waals surface area (Å²) in [5, 5.41) is 9.82. The fraction of sp³-hybridized carbons (Fsp3) is 0. The van der Waals surface area contributed by atoms with Crippen LogP contribution in [0.1, 0.15) is 0 Å². The van der Waals surface area contributed by atoms with E-state index in [-0.39, 0.29) is 0 Å². The van der Waals surface area contributed by atoms with Gasteiger partial charge in [0.15, 0.2) is 4.90 Å². The molecular weight excluding hydrogens is 237 g/mol. The zero-order valence-electron chi connectivity index (χ0n) is 6.48. The standard InChI is InChI=1S/C6H3ClFNO4S/c7-4-2-1-3-5(9(10)11)6(4)14(8,12)13/h1-3H. The largest absolute Gasteiger partial charge is 0.340 e. The molecule has 0 unspecified atom stereocenters. The van der Waals surface area contributed by atoms with Gasteiger partial charge >= 0.3 is 10.2 Å². The van der Waals surface area contributed by atoms with E-state index in [2.05, 4.69) is 0 Å². The Hall–Kier alpha value is -1.21. The van der Waals surface area contributed by atoms with Crippen molar-refractivity contribution >= 4 is 27.5 Å². The van der Waals surface area contributed by atoms with Crippen LogP contribution in [0.15, 0.2) is 23.1 Å². The molecule has 0 saturated carbocycles. The molecule has 1 aromatic carbocycles. The lowest BCUT2D eigenvalue weighted by Gasteiger charge is -1.99. The lowest BCUT2D eigenvalue weighted by Crippen LogP contribution is -2.00. The van der Waals surface area contributed by atoms with Gasteiger partial charge in [-0.1, -0.05) is 17.7 Å². The molecule has 0 aromatic heterocycles. The molecule has 0 aliphatic heterocycles. The molecule has 8 heteroatoms. The summed E-state index contributed by atoms with van der Waals surface area (Å²) >= 11 is 5.33. The molecule has 0 heterocycles. The maximum atomic E-state index is 12.6. The number of nitro groups is 1. The molecule has 1 rings (SSSR count). The van der Waals surface area contributed by atoms with Crippen LogP contribution in [-0.4, -0.2) is 13.3 Å². The number of benzene rings is 1. The Morgan fingerprint density at radius 2 is 2.00 bits per heavy atom. The second kappa shape index (κ2) is 3.50. The third-order valence-corrected chi connectivity index (χ3v) is 2.73. The summed E-state index contributed by atoms with van der Waals surface area (Å²) in [5.41, 5.74) is -0.875. The van der Waals surface area contributed by atoms with Gasteiger partial charge in [0.2, 0.25) is 0 Å². The van der Waals surface area contributed by atoms with Crippen molar-refractivity contribution in [1.29, 1.82) is 0 Å². The molecule has 76 valence electrons. The van der Waals surface area contributed by atoms with E-state index >= 15 is 0 Å². The molecule has 0 amide bonds. The summed E-state index contributed by atoms with van der Waals surface area (Å²) in [4.78, 5) is 8.22. The predicted octanol–water partition coefficient (Wildman–Crippen LogP) is 1.91. The maximum Gasteiger partial charge on any atom is 0.340 e. The van der Waals surface area contributed by atoms with Gasteiger partial charge < -0.3 is 0 Å². The number of nitrogens with zero attached hydrogens (tertiary/aromatic N) is 1. The lowest BCUT2D eigenvalue weighted by atomic mass is 10.3. The molecule has 0 radical (unpaired) electrons. The average Bonchev–Trinajstić information content (AvgIpc) is 2.01. The molecule has 14 heavy (non-hydrogen) atoms. The minimum atomic E-state index is -5.18. The number of rotatable bonds is 2. The van der Waals surface area contributed by atoms with E-state index in [9.17, 15) is 22.4 Å². The van der Waals surface area contributed by atoms with Gasteiger partial charge in [0.25, 0.3) is 5.69 Å². The van der Waals surface area contributed by atoms with E-state index in [4.69, 9.17) is 11.6 Å². The minimum absolute atomic E-state index is 0.512. The van der Waals surface area contributed by atoms with Crippen LogP contribution in [0.3, 0.4) is 0 Å². The summed E-state index contributed by atoms with van der Waals surface area (Å²) < 4.78 is 33.6. The van der Waals surface area contributed by atoms with Gasteiger partial charge in [0.1, 0.15) is 0 Å². The summed E-state index contributed by atoms with van der Waals surface area (Å²) in [6.07, 6.45) is 0. The quantitative estimate of drug-likeness (QED) is 0.449. The second-order valence-corrected chi connectivity index (χ2v) is 3.97. The Bertz CT molecular complexity index is 487. The van der Waals surface area contributed by atoms with E-state index < -0.39 is 30.8 Å². The summed E-state index contributed by atoms with van der Waals surface area (Å²) in [6, 6.07) is 3.08. The molecule has 0 aliphatic rings. The highest BCUT2D eigenvalue weighted by Crippen LogP contribution is 2.31. The smallest absolute Gasteiger partial charge is 0.258 e. The van der Waals surface area contributed by atoms with Crippen LogP contribution in [0.4, 0.5) is 9.57 Å². The highest BCUT2D eigenvalue weighted by molar-refractivity contribution is 7.86. The van der Waals surface area contributed by atoms with Crippen molar-refractivity contribution < 1.29 is 17.2 Å². The lowest BCUT2D eigenvalue weighted by molar-refractivity contribution is -0.387. The number of halogens is 2. The summed E-state index contributed by atoms with van der Waals surface area (Å²) in [5.74, 6) is 0. The highest BCUT2D eigenvalue weighted by atomic mass is 35.5. The van der Waals surface area contributed by atoms with E-state index in [1.54, 1.807) is 0 Å². The Morgan fingerprint density at radius 1 is 1.43 bits per heavy atom. The van der Waals surface area contributed by atoms with Crippen molar-refractivity contribution in [1.82, 2.24) is 0 Å². The van der Waals surface area contributed by atoms with Crippen molar-refractivity contribution in [3.05, 3.63) is 33.3 Å². The molecule has 0 aliphatic carbocycles. The number of hydrogen-bond donors (Lipinski definition) is 0. The van der Waals surface area contributed by atoms with Crippen LogP contribution in [0.25, 0.3) is 0 Å². The van der Waals surface area contributed by atoms with E-state index in [0.29, 0.717) is 0 Å². The van der Waals surface area contributed by atoms with Crippen LogP contribution >= 0.6 is 11.6 Å². The Balaban J connectivity index is 3.62. The fourth-order valence-electron chi connectivity index (χ4n) is 0.883. The van der Waals surface area contributed by atoms with Crippen molar-refractivity contribution in [3.8, 4) is 0 Å². The number of nitro benzene ring substituents is 1. The Kier molecular flexibility index (Phi) is 2.72. The molecular formula is C6H3ClFNO4S. The monoisotopic (exact) mass is 239 g/mol. The first kappa shape index (κ1) is 10.9. The second-order valence-electron chi connectivity index (χ2n) is 2.28. The van der Waals surface area contributed by atoms with Gasteiger partial charge in [0.05, 0.1) is 9.95 Å². The van der Waals surface area contributed by atoms with Crippen molar-refractivity contribution in [2.45, 2.75) is 4.90 Å². The SMILES string of the molecule is O=[N+]([O-])c1cccc(Cl)c1S(=O)(=O)F. The molecule has 5 nitrogen and oxygen atoms in total. The molecule has 0 N–H and O–H groups in total. The molecule has 0 atom stereocenters. The Morgan fingerprint density at radius 3 is 2.36 bits per heavy atom. The Labute approximate surface area is 83.5 Å². The van der Waals surface area contributed by atoms with Gasteiger partial charge in [-0.2, -0.15) is 8.42 Å². The molecule has 0 bridgehead atoms. The average molecular weight is 240 g/mol. The van der Waals surface area contributed by atoms with E-state index in [1.165, 1.54) is 0 Å². The van der Waals surface area contributed by atoms with Gasteiger partial charge in [-0.05, 0) is 6.07 Å². The first-order valence-corrected chi connectivity index (χ1v) is 4.98. The van der Waals surface area contributed by atoms with E-state index in [0.717, 1.165) is 18.2 Å². The van der Waals surface area contributed by atoms with Crippen LogP contribution in [0.5, 0.6) is 0 Å². The van der Waals surface area contributed by atoms with Crippen LogP contribution < -0.4 is 0 Å². The normalized spacial score (nSPS) is 11.3. The van der Waals surface area contributed by atoms with Crippen molar-refractivity contribution in [2.24, 2.45) is 0 Å². The van der Waals surface area contributed by atoms with Gasteiger partial charge in [-0.15, -0.1) is 3.89 Å². The topological polar surface area (TPSA) is 77.3 Å². The van der Waals surface area contributed by atoms with Gasteiger partial charge in [0, 0.05) is 6.07 Å².